The highest BCUT2D eigenvalue weighted by Crippen LogP contribution is 2.31. The zero-order valence-corrected chi connectivity index (χ0v) is 14.0. The summed E-state index contributed by atoms with van der Waals surface area (Å²) in [7, 11) is 1.94. The van der Waals surface area contributed by atoms with Gasteiger partial charge in [-0.05, 0) is 45.7 Å². The van der Waals surface area contributed by atoms with Crippen molar-refractivity contribution < 1.29 is 4.79 Å². The molecule has 0 aliphatic carbocycles. The average molecular weight is 313 g/mol. The maximum absolute atomic E-state index is 13.0. The Kier molecular flexibility index (Phi) is 3.37. The Morgan fingerprint density at radius 3 is 2.70 bits per heavy atom. The number of aryl methyl sites for hydroxylation is 2. The zero-order chi connectivity index (χ0) is 16.1. The van der Waals surface area contributed by atoms with Gasteiger partial charge in [0, 0.05) is 31.9 Å². The molecule has 2 bridgehead atoms. The lowest BCUT2D eigenvalue weighted by Crippen LogP contribution is -2.57. The molecule has 122 valence electrons. The monoisotopic (exact) mass is 313 g/mol. The molecule has 1 amide bonds. The number of hydrogen-bond acceptors (Lipinski definition) is 4. The van der Waals surface area contributed by atoms with Crippen molar-refractivity contribution in [3.8, 4) is 0 Å². The van der Waals surface area contributed by atoms with Crippen LogP contribution in [0.1, 0.15) is 34.6 Å². The largest absolute Gasteiger partial charge is 0.337 e. The summed E-state index contributed by atoms with van der Waals surface area (Å²) in [5, 5.41) is 4.44. The fourth-order valence-electron chi connectivity index (χ4n) is 4.09. The summed E-state index contributed by atoms with van der Waals surface area (Å²) in [6.07, 6.45) is 4.11. The van der Waals surface area contributed by atoms with Crippen molar-refractivity contribution in [3.63, 3.8) is 0 Å². The molecule has 5 heterocycles. The van der Waals surface area contributed by atoms with Crippen LogP contribution in [0.25, 0.3) is 5.65 Å². The van der Waals surface area contributed by atoms with Crippen molar-refractivity contribution in [2.24, 2.45) is 5.92 Å². The summed E-state index contributed by atoms with van der Waals surface area (Å²) < 4.78 is 1.77. The van der Waals surface area contributed by atoms with E-state index in [1.807, 2.05) is 31.9 Å². The summed E-state index contributed by atoms with van der Waals surface area (Å²) in [5.41, 5.74) is 3.22. The van der Waals surface area contributed by atoms with Crippen molar-refractivity contribution in [2.75, 3.05) is 26.7 Å². The maximum Gasteiger partial charge on any atom is 0.257 e. The lowest BCUT2D eigenvalue weighted by atomic mass is 9.83. The van der Waals surface area contributed by atoms with Crippen molar-refractivity contribution in [1.82, 2.24) is 24.4 Å². The zero-order valence-electron chi connectivity index (χ0n) is 14.0. The first kappa shape index (κ1) is 14.6. The van der Waals surface area contributed by atoms with Gasteiger partial charge >= 0.3 is 0 Å². The van der Waals surface area contributed by atoms with Gasteiger partial charge in [0.05, 0.1) is 17.0 Å². The molecule has 0 radical (unpaired) electrons. The number of amides is 1. The molecule has 3 saturated heterocycles. The van der Waals surface area contributed by atoms with E-state index in [0.29, 0.717) is 17.5 Å². The number of fused-ring (bicyclic) bond motifs is 4. The molecule has 1 atom stereocenters. The van der Waals surface area contributed by atoms with Gasteiger partial charge in [-0.15, -0.1) is 0 Å². The van der Waals surface area contributed by atoms with E-state index in [9.17, 15) is 4.79 Å². The highest BCUT2D eigenvalue weighted by Gasteiger charge is 2.38. The predicted octanol–water partition coefficient (Wildman–Crippen LogP) is 1.51. The van der Waals surface area contributed by atoms with Gasteiger partial charge in [0.1, 0.15) is 0 Å². The summed E-state index contributed by atoms with van der Waals surface area (Å²) in [6.45, 7) is 7.25. The molecule has 5 rings (SSSR count). The molecule has 2 aromatic heterocycles. The Bertz CT molecular complexity index is 760. The Hall–Kier alpha value is -1.95. The molecule has 6 heteroatoms. The van der Waals surface area contributed by atoms with Gasteiger partial charge in [0.2, 0.25) is 0 Å². The number of hydrogen-bond donors (Lipinski definition) is 0. The SMILES string of the molecule is Cc1cc2ncc(C(=O)N(C)[C@@H]3CN4CCC3CC4)c(C)n2n1. The molecule has 3 fully saturated rings. The third kappa shape index (κ3) is 2.32. The van der Waals surface area contributed by atoms with Crippen LogP contribution in [0, 0.1) is 19.8 Å². The molecule has 6 nitrogen and oxygen atoms in total. The average Bonchev–Trinajstić information content (AvgIpc) is 2.96. The molecule has 23 heavy (non-hydrogen) atoms. The van der Waals surface area contributed by atoms with Crippen LogP contribution in [0.4, 0.5) is 0 Å². The Labute approximate surface area is 136 Å². The van der Waals surface area contributed by atoms with Crippen molar-refractivity contribution in [3.05, 3.63) is 29.2 Å². The second-order valence-corrected chi connectivity index (χ2v) is 6.93. The molecular weight excluding hydrogens is 290 g/mol. The molecule has 2 aromatic rings. The summed E-state index contributed by atoms with van der Waals surface area (Å²) in [6, 6.07) is 2.25. The van der Waals surface area contributed by atoms with Gasteiger partial charge in [-0.2, -0.15) is 5.10 Å². The van der Waals surface area contributed by atoms with Crippen molar-refractivity contribution >= 4 is 11.6 Å². The topological polar surface area (TPSA) is 53.7 Å². The first-order chi connectivity index (χ1) is 11.0. The third-order valence-corrected chi connectivity index (χ3v) is 5.52. The third-order valence-electron chi connectivity index (χ3n) is 5.52. The Balaban J connectivity index is 1.64. The first-order valence-corrected chi connectivity index (χ1v) is 8.36. The van der Waals surface area contributed by atoms with E-state index in [1.165, 1.54) is 25.9 Å². The van der Waals surface area contributed by atoms with Crippen LogP contribution in [-0.2, 0) is 0 Å². The second-order valence-electron chi connectivity index (χ2n) is 6.93. The molecule has 3 aliphatic rings. The standard InChI is InChI=1S/C17H23N5O/c1-11-8-16-18-9-14(12(2)22(16)19-11)17(23)20(3)15-10-21-6-4-13(15)5-7-21/h8-9,13,15H,4-7,10H2,1-3H3/t15-/m1/s1. The van der Waals surface area contributed by atoms with Crippen LogP contribution >= 0.6 is 0 Å². The molecule has 3 aliphatic heterocycles. The minimum atomic E-state index is 0.0591. The Morgan fingerprint density at radius 1 is 1.30 bits per heavy atom. The minimum Gasteiger partial charge on any atom is -0.337 e. The number of piperidine rings is 3. The van der Waals surface area contributed by atoms with E-state index in [4.69, 9.17) is 0 Å². The predicted molar refractivity (Wildman–Crippen MR) is 87.5 cm³/mol. The molecule has 0 aromatic carbocycles. The highest BCUT2D eigenvalue weighted by molar-refractivity contribution is 5.95. The number of aromatic nitrogens is 3. The van der Waals surface area contributed by atoms with Crippen LogP contribution in [-0.4, -0.2) is 63.0 Å². The van der Waals surface area contributed by atoms with Crippen LogP contribution in [0.5, 0.6) is 0 Å². The van der Waals surface area contributed by atoms with Crippen molar-refractivity contribution in [2.45, 2.75) is 32.7 Å². The molecule has 0 N–H and O–H groups in total. The fraction of sp³-hybridized carbons (Fsp3) is 0.588. The summed E-state index contributed by atoms with van der Waals surface area (Å²) >= 11 is 0. The number of likely N-dealkylation sites (N-methyl/N-ethyl adjacent to an activating group) is 1. The van der Waals surface area contributed by atoms with E-state index in [-0.39, 0.29) is 5.91 Å². The number of rotatable bonds is 2. The molecular formula is C17H23N5O. The first-order valence-electron chi connectivity index (χ1n) is 8.36. The molecule has 0 unspecified atom stereocenters. The highest BCUT2D eigenvalue weighted by atomic mass is 16.2. The van der Waals surface area contributed by atoms with Gasteiger partial charge in [-0.3, -0.25) is 4.79 Å². The van der Waals surface area contributed by atoms with Gasteiger partial charge in [-0.1, -0.05) is 0 Å². The van der Waals surface area contributed by atoms with Crippen LogP contribution in [0.2, 0.25) is 0 Å². The number of carbonyl (C=O) groups excluding carboxylic acids is 1. The Morgan fingerprint density at radius 2 is 2.04 bits per heavy atom. The quantitative estimate of drug-likeness (QED) is 0.843. The van der Waals surface area contributed by atoms with Gasteiger partial charge in [0.25, 0.3) is 5.91 Å². The normalized spacial score (nSPS) is 26.7. The van der Waals surface area contributed by atoms with E-state index < -0.39 is 0 Å². The van der Waals surface area contributed by atoms with Gasteiger partial charge in [-0.25, -0.2) is 9.50 Å². The maximum atomic E-state index is 13.0. The summed E-state index contributed by atoms with van der Waals surface area (Å²) in [5.74, 6) is 0.696. The van der Waals surface area contributed by atoms with Crippen LogP contribution in [0.15, 0.2) is 12.3 Å². The minimum absolute atomic E-state index is 0.0591. The van der Waals surface area contributed by atoms with Crippen molar-refractivity contribution in [1.29, 1.82) is 0 Å². The lowest BCUT2D eigenvalue weighted by molar-refractivity contribution is 0.0161. The van der Waals surface area contributed by atoms with E-state index in [2.05, 4.69) is 15.0 Å². The lowest BCUT2D eigenvalue weighted by Gasteiger charge is -2.48. The molecule has 0 spiro atoms. The van der Waals surface area contributed by atoms with Gasteiger partial charge < -0.3 is 9.80 Å². The number of nitrogens with zero attached hydrogens (tertiary/aromatic N) is 5. The van der Waals surface area contributed by atoms with E-state index >= 15 is 0 Å². The smallest absolute Gasteiger partial charge is 0.257 e. The van der Waals surface area contributed by atoms with E-state index in [1.54, 1.807) is 10.7 Å². The van der Waals surface area contributed by atoms with Crippen LogP contribution < -0.4 is 0 Å². The van der Waals surface area contributed by atoms with Gasteiger partial charge in [0.15, 0.2) is 5.65 Å². The summed E-state index contributed by atoms with van der Waals surface area (Å²) in [4.78, 5) is 21.8. The fourth-order valence-corrected chi connectivity index (χ4v) is 4.09. The van der Waals surface area contributed by atoms with Crippen LogP contribution in [0.3, 0.4) is 0 Å². The molecule has 0 saturated carbocycles. The van der Waals surface area contributed by atoms with E-state index in [0.717, 1.165) is 23.6 Å². The second kappa shape index (κ2) is 5.30. The number of carbonyl (C=O) groups is 1.